The van der Waals surface area contributed by atoms with Gasteiger partial charge in [-0.25, -0.2) is 9.59 Å². The molecular formula is C18H21NO4. The van der Waals surface area contributed by atoms with Gasteiger partial charge in [-0.3, -0.25) is 0 Å². The number of aromatic amines is 1. The third-order valence-electron chi connectivity index (χ3n) is 3.40. The Hall–Kier alpha value is -2.56. The number of esters is 2. The van der Waals surface area contributed by atoms with Crippen molar-refractivity contribution in [2.75, 3.05) is 0 Å². The molecule has 0 atom stereocenters. The molecule has 1 N–H and O–H groups in total. The Labute approximate surface area is 135 Å². The average Bonchev–Trinajstić information content (AvgIpc) is 2.80. The van der Waals surface area contributed by atoms with Crippen LogP contribution < -0.4 is 0 Å². The summed E-state index contributed by atoms with van der Waals surface area (Å²) in [4.78, 5) is 27.3. The lowest BCUT2D eigenvalue weighted by Gasteiger charge is -2.08. The number of nitrogens with one attached hydrogen (secondary N) is 1. The number of hydrogen-bond donors (Lipinski definition) is 1. The summed E-state index contributed by atoms with van der Waals surface area (Å²) in [6.45, 7) is 7.19. The Kier molecular flexibility index (Phi) is 5.21. The number of benzene rings is 1. The van der Waals surface area contributed by atoms with Crippen LogP contribution >= 0.6 is 0 Å². The Morgan fingerprint density at radius 1 is 1.09 bits per heavy atom. The zero-order chi connectivity index (χ0) is 17.0. The van der Waals surface area contributed by atoms with Gasteiger partial charge in [0.25, 0.3) is 0 Å². The molecule has 0 aliphatic carbocycles. The van der Waals surface area contributed by atoms with Gasteiger partial charge in [-0.15, -0.1) is 0 Å². The molecule has 0 radical (unpaired) electrons. The highest BCUT2D eigenvalue weighted by Gasteiger charge is 2.24. The van der Waals surface area contributed by atoms with Crippen molar-refractivity contribution in [1.82, 2.24) is 4.98 Å². The maximum absolute atomic E-state index is 12.2. The summed E-state index contributed by atoms with van der Waals surface area (Å²) < 4.78 is 10.5. The molecule has 0 unspecified atom stereocenters. The predicted molar refractivity (Wildman–Crippen MR) is 86.4 cm³/mol. The smallest absolute Gasteiger partial charge is 0.355 e. The highest BCUT2D eigenvalue weighted by atomic mass is 16.5. The van der Waals surface area contributed by atoms with Crippen LogP contribution in [0.3, 0.4) is 0 Å². The van der Waals surface area contributed by atoms with Crippen molar-refractivity contribution < 1.29 is 19.1 Å². The summed E-state index contributed by atoms with van der Waals surface area (Å²) in [5.41, 5.74) is 2.73. The second kappa shape index (κ2) is 7.13. The summed E-state index contributed by atoms with van der Waals surface area (Å²) in [5, 5.41) is 0. The van der Waals surface area contributed by atoms with Crippen molar-refractivity contribution in [3.05, 3.63) is 58.4 Å². The summed E-state index contributed by atoms with van der Waals surface area (Å²) in [6, 6.07) is 9.42. The third kappa shape index (κ3) is 4.00. The first-order chi connectivity index (χ1) is 10.9. The quantitative estimate of drug-likeness (QED) is 0.857. The molecule has 0 amide bonds. The lowest BCUT2D eigenvalue weighted by molar-refractivity contribution is 0.0376. The SMILES string of the molecule is Cc1[nH]c(C(=O)OCc2ccccc2)c(C)c1C(=O)OC(C)C. The molecule has 2 aromatic rings. The highest BCUT2D eigenvalue weighted by molar-refractivity contribution is 5.98. The van der Waals surface area contributed by atoms with Crippen molar-refractivity contribution in [3.63, 3.8) is 0 Å². The fourth-order valence-electron chi connectivity index (χ4n) is 2.33. The van der Waals surface area contributed by atoms with Crippen LogP contribution in [0.2, 0.25) is 0 Å². The van der Waals surface area contributed by atoms with Crippen molar-refractivity contribution >= 4 is 11.9 Å². The van der Waals surface area contributed by atoms with Crippen LogP contribution in [0.4, 0.5) is 0 Å². The second-order valence-electron chi connectivity index (χ2n) is 5.64. The van der Waals surface area contributed by atoms with E-state index in [9.17, 15) is 9.59 Å². The van der Waals surface area contributed by atoms with Gasteiger partial charge in [0.15, 0.2) is 0 Å². The van der Waals surface area contributed by atoms with Crippen LogP contribution in [0, 0.1) is 13.8 Å². The number of hydrogen-bond acceptors (Lipinski definition) is 4. The van der Waals surface area contributed by atoms with Crippen molar-refractivity contribution in [2.45, 2.75) is 40.4 Å². The van der Waals surface area contributed by atoms with Gasteiger partial charge >= 0.3 is 11.9 Å². The van der Waals surface area contributed by atoms with Crippen LogP contribution in [-0.4, -0.2) is 23.0 Å². The standard InChI is InChI=1S/C18H21NO4/c1-11(2)23-17(20)15-12(3)16(19-13(15)4)18(21)22-10-14-8-6-5-7-9-14/h5-9,11,19H,10H2,1-4H3. The first kappa shape index (κ1) is 16.8. The molecule has 2 rings (SSSR count). The molecule has 0 saturated carbocycles. The fourth-order valence-corrected chi connectivity index (χ4v) is 2.33. The van der Waals surface area contributed by atoms with Crippen LogP contribution in [0.5, 0.6) is 0 Å². The molecule has 23 heavy (non-hydrogen) atoms. The number of rotatable bonds is 5. The maximum Gasteiger partial charge on any atom is 0.355 e. The number of aromatic nitrogens is 1. The summed E-state index contributed by atoms with van der Waals surface area (Å²) in [6.07, 6.45) is -0.218. The van der Waals surface area contributed by atoms with Gasteiger partial charge in [-0.05, 0) is 38.8 Å². The summed E-state index contributed by atoms with van der Waals surface area (Å²) in [5.74, 6) is -0.925. The molecule has 5 heteroatoms. The third-order valence-corrected chi connectivity index (χ3v) is 3.40. The molecule has 1 aromatic heterocycles. The predicted octanol–water partition coefficient (Wildman–Crippen LogP) is 3.55. The largest absolute Gasteiger partial charge is 0.459 e. The van der Waals surface area contributed by atoms with E-state index in [1.807, 2.05) is 30.3 Å². The topological polar surface area (TPSA) is 68.4 Å². The van der Waals surface area contributed by atoms with Gasteiger partial charge < -0.3 is 14.5 Å². The van der Waals surface area contributed by atoms with Gasteiger partial charge in [0.05, 0.1) is 11.7 Å². The first-order valence-electron chi connectivity index (χ1n) is 7.51. The Morgan fingerprint density at radius 3 is 2.35 bits per heavy atom. The van der Waals surface area contributed by atoms with Crippen LogP contribution in [0.25, 0.3) is 0 Å². The van der Waals surface area contributed by atoms with E-state index in [1.165, 1.54) is 0 Å². The van der Waals surface area contributed by atoms with E-state index >= 15 is 0 Å². The van der Waals surface area contributed by atoms with Gasteiger partial charge in [0.1, 0.15) is 12.3 Å². The molecule has 0 bridgehead atoms. The van der Waals surface area contributed by atoms with E-state index in [2.05, 4.69) is 4.98 Å². The zero-order valence-electron chi connectivity index (χ0n) is 13.8. The van der Waals surface area contributed by atoms with Crippen LogP contribution in [0.15, 0.2) is 30.3 Å². The van der Waals surface area contributed by atoms with Crippen LogP contribution in [-0.2, 0) is 16.1 Å². The minimum atomic E-state index is -0.488. The normalized spacial score (nSPS) is 10.7. The number of carbonyl (C=O) groups is 2. The molecule has 0 fully saturated rings. The molecule has 0 saturated heterocycles. The van der Waals surface area contributed by atoms with Crippen molar-refractivity contribution in [2.24, 2.45) is 0 Å². The van der Waals surface area contributed by atoms with E-state index in [0.29, 0.717) is 16.8 Å². The number of H-pyrrole nitrogens is 1. The zero-order valence-corrected chi connectivity index (χ0v) is 13.8. The molecule has 0 aliphatic heterocycles. The number of ether oxygens (including phenoxy) is 2. The summed E-state index contributed by atoms with van der Waals surface area (Å²) >= 11 is 0. The maximum atomic E-state index is 12.2. The molecule has 1 aromatic carbocycles. The molecule has 1 heterocycles. The van der Waals surface area contributed by atoms with Crippen molar-refractivity contribution in [1.29, 1.82) is 0 Å². The molecule has 0 spiro atoms. The van der Waals surface area contributed by atoms with E-state index < -0.39 is 11.9 Å². The Morgan fingerprint density at radius 2 is 1.74 bits per heavy atom. The van der Waals surface area contributed by atoms with E-state index in [-0.39, 0.29) is 18.4 Å². The minimum absolute atomic E-state index is 0.183. The number of carbonyl (C=O) groups excluding carboxylic acids is 2. The minimum Gasteiger partial charge on any atom is -0.459 e. The second-order valence-corrected chi connectivity index (χ2v) is 5.64. The molecule has 0 aliphatic rings. The Bertz CT molecular complexity index is 701. The van der Waals surface area contributed by atoms with Gasteiger partial charge in [-0.1, -0.05) is 30.3 Å². The van der Waals surface area contributed by atoms with Gasteiger partial charge in [0, 0.05) is 5.69 Å². The lowest BCUT2D eigenvalue weighted by atomic mass is 10.1. The Balaban J connectivity index is 2.14. The molecule has 122 valence electrons. The lowest BCUT2D eigenvalue weighted by Crippen LogP contribution is -2.13. The van der Waals surface area contributed by atoms with E-state index in [4.69, 9.17) is 9.47 Å². The highest BCUT2D eigenvalue weighted by Crippen LogP contribution is 2.20. The molecular weight excluding hydrogens is 294 g/mol. The first-order valence-corrected chi connectivity index (χ1v) is 7.51. The van der Waals surface area contributed by atoms with Gasteiger partial charge in [-0.2, -0.15) is 0 Å². The fraction of sp³-hybridized carbons (Fsp3) is 0.333. The average molecular weight is 315 g/mol. The van der Waals surface area contributed by atoms with Crippen molar-refractivity contribution in [3.8, 4) is 0 Å². The summed E-state index contributed by atoms with van der Waals surface area (Å²) in [7, 11) is 0. The van der Waals surface area contributed by atoms with E-state index in [0.717, 1.165) is 5.56 Å². The van der Waals surface area contributed by atoms with Gasteiger partial charge in [0.2, 0.25) is 0 Å². The van der Waals surface area contributed by atoms with Crippen LogP contribution in [0.1, 0.15) is 51.5 Å². The van der Waals surface area contributed by atoms with E-state index in [1.54, 1.807) is 27.7 Å². The molecule has 5 nitrogen and oxygen atoms in total. The number of aryl methyl sites for hydroxylation is 1. The monoisotopic (exact) mass is 315 g/mol.